The summed E-state index contributed by atoms with van der Waals surface area (Å²) in [5.41, 5.74) is 0. The Morgan fingerprint density at radius 2 is 2.19 bits per heavy atom. The standard InChI is InChI=1S/C12H23NO3/c1-3-4-5-6-7-16-12(14)10-8-15-9-11(10)13-2/h10-11,13H,3-9H2,1-2H3. The third-order valence-corrected chi connectivity index (χ3v) is 3.00. The van der Waals surface area contributed by atoms with E-state index in [9.17, 15) is 4.79 Å². The van der Waals surface area contributed by atoms with Gasteiger partial charge in [0, 0.05) is 6.04 Å². The molecule has 4 heteroatoms. The van der Waals surface area contributed by atoms with E-state index in [0.717, 1.165) is 12.8 Å². The molecule has 1 aliphatic heterocycles. The second-order valence-corrected chi connectivity index (χ2v) is 4.27. The average Bonchev–Trinajstić information content (AvgIpc) is 2.76. The molecule has 16 heavy (non-hydrogen) atoms. The van der Waals surface area contributed by atoms with E-state index < -0.39 is 0 Å². The minimum atomic E-state index is -0.129. The van der Waals surface area contributed by atoms with E-state index in [4.69, 9.17) is 9.47 Å². The Morgan fingerprint density at radius 3 is 2.88 bits per heavy atom. The Labute approximate surface area is 97.7 Å². The van der Waals surface area contributed by atoms with Crippen LogP contribution in [0.3, 0.4) is 0 Å². The topological polar surface area (TPSA) is 47.6 Å². The molecule has 0 aromatic rings. The van der Waals surface area contributed by atoms with Gasteiger partial charge in [-0.1, -0.05) is 26.2 Å². The van der Waals surface area contributed by atoms with Gasteiger partial charge in [0.1, 0.15) is 0 Å². The highest BCUT2D eigenvalue weighted by atomic mass is 16.5. The third kappa shape index (κ3) is 4.10. The number of hydrogen-bond donors (Lipinski definition) is 1. The number of ether oxygens (including phenoxy) is 2. The van der Waals surface area contributed by atoms with E-state index in [1.54, 1.807) is 0 Å². The number of hydrogen-bond acceptors (Lipinski definition) is 4. The fraction of sp³-hybridized carbons (Fsp3) is 0.917. The van der Waals surface area contributed by atoms with E-state index >= 15 is 0 Å². The first kappa shape index (κ1) is 13.5. The average molecular weight is 229 g/mol. The molecule has 4 nitrogen and oxygen atoms in total. The quantitative estimate of drug-likeness (QED) is 0.529. The van der Waals surface area contributed by atoms with Gasteiger partial charge < -0.3 is 14.8 Å². The van der Waals surface area contributed by atoms with Gasteiger partial charge in [-0.3, -0.25) is 4.79 Å². The lowest BCUT2D eigenvalue weighted by molar-refractivity contribution is -0.149. The van der Waals surface area contributed by atoms with Crippen molar-refractivity contribution < 1.29 is 14.3 Å². The minimum Gasteiger partial charge on any atom is -0.465 e. The number of carbonyl (C=O) groups is 1. The first-order valence-corrected chi connectivity index (χ1v) is 6.21. The summed E-state index contributed by atoms with van der Waals surface area (Å²) < 4.78 is 10.5. The van der Waals surface area contributed by atoms with Crippen LogP contribution in [-0.2, 0) is 14.3 Å². The molecule has 0 aliphatic carbocycles. The minimum absolute atomic E-state index is 0.114. The summed E-state index contributed by atoms with van der Waals surface area (Å²) in [6.45, 7) is 3.80. The van der Waals surface area contributed by atoms with Crippen molar-refractivity contribution >= 4 is 5.97 Å². The predicted molar refractivity (Wildman–Crippen MR) is 62.3 cm³/mol. The van der Waals surface area contributed by atoms with Crippen molar-refractivity contribution in [1.82, 2.24) is 5.32 Å². The van der Waals surface area contributed by atoms with E-state index in [-0.39, 0.29) is 17.9 Å². The van der Waals surface area contributed by atoms with Crippen LogP contribution in [0, 0.1) is 5.92 Å². The molecule has 1 saturated heterocycles. The van der Waals surface area contributed by atoms with Crippen molar-refractivity contribution in [2.45, 2.75) is 38.6 Å². The van der Waals surface area contributed by atoms with Gasteiger partial charge in [0.15, 0.2) is 0 Å². The molecule has 94 valence electrons. The van der Waals surface area contributed by atoms with Gasteiger partial charge in [-0.2, -0.15) is 0 Å². The van der Waals surface area contributed by atoms with Crippen LogP contribution in [0.2, 0.25) is 0 Å². The number of nitrogens with one attached hydrogen (secondary N) is 1. The molecular formula is C12H23NO3. The summed E-state index contributed by atoms with van der Waals surface area (Å²) in [6, 6.07) is 0.114. The molecule has 2 unspecified atom stereocenters. The van der Waals surface area contributed by atoms with Gasteiger partial charge in [0.05, 0.1) is 25.7 Å². The first-order chi connectivity index (χ1) is 7.79. The molecular weight excluding hydrogens is 206 g/mol. The van der Waals surface area contributed by atoms with E-state index in [2.05, 4.69) is 12.2 Å². The van der Waals surface area contributed by atoms with Crippen molar-refractivity contribution in [2.75, 3.05) is 26.9 Å². The maximum atomic E-state index is 11.7. The van der Waals surface area contributed by atoms with Crippen molar-refractivity contribution in [3.05, 3.63) is 0 Å². The van der Waals surface area contributed by atoms with Crippen LogP contribution in [-0.4, -0.2) is 38.9 Å². The lowest BCUT2D eigenvalue weighted by Gasteiger charge is -2.15. The molecule has 1 heterocycles. The van der Waals surface area contributed by atoms with Crippen LogP contribution in [0.1, 0.15) is 32.6 Å². The number of likely N-dealkylation sites (N-methyl/N-ethyl adjacent to an activating group) is 1. The van der Waals surface area contributed by atoms with E-state index in [0.29, 0.717) is 19.8 Å². The Hall–Kier alpha value is -0.610. The molecule has 0 amide bonds. The third-order valence-electron chi connectivity index (χ3n) is 3.00. The zero-order valence-electron chi connectivity index (χ0n) is 10.3. The summed E-state index contributed by atoms with van der Waals surface area (Å²) in [5, 5.41) is 3.08. The number of unbranched alkanes of at least 4 members (excludes halogenated alkanes) is 3. The Balaban J connectivity index is 2.14. The summed E-state index contributed by atoms with van der Waals surface area (Å²) in [4.78, 5) is 11.7. The van der Waals surface area contributed by atoms with Crippen LogP contribution in [0.5, 0.6) is 0 Å². The summed E-state index contributed by atoms with van der Waals surface area (Å²) in [5.74, 6) is -0.246. The van der Waals surface area contributed by atoms with Crippen LogP contribution in [0.4, 0.5) is 0 Å². The van der Waals surface area contributed by atoms with Gasteiger partial charge >= 0.3 is 5.97 Å². The monoisotopic (exact) mass is 229 g/mol. The Morgan fingerprint density at radius 1 is 1.38 bits per heavy atom. The van der Waals surface area contributed by atoms with Crippen molar-refractivity contribution in [3.8, 4) is 0 Å². The Bertz CT molecular complexity index is 208. The first-order valence-electron chi connectivity index (χ1n) is 6.21. The highest BCUT2D eigenvalue weighted by molar-refractivity contribution is 5.73. The highest BCUT2D eigenvalue weighted by Crippen LogP contribution is 2.15. The summed E-state index contributed by atoms with van der Waals surface area (Å²) in [6.07, 6.45) is 4.52. The smallest absolute Gasteiger partial charge is 0.312 e. The summed E-state index contributed by atoms with van der Waals surface area (Å²) in [7, 11) is 1.85. The van der Waals surface area contributed by atoms with Gasteiger partial charge in [-0.05, 0) is 13.5 Å². The lowest BCUT2D eigenvalue weighted by atomic mass is 10.0. The van der Waals surface area contributed by atoms with Crippen LogP contribution in [0.15, 0.2) is 0 Å². The maximum absolute atomic E-state index is 11.7. The fourth-order valence-electron chi connectivity index (χ4n) is 1.88. The highest BCUT2D eigenvalue weighted by Gasteiger charge is 2.34. The fourth-order valence-corrected chi connectivity index (χ4v) is 1.88. The molecule has 0 spiro atoms. The van der Waals surface area contributed by atoms with Crippen LogP contribution < -0.4 is 5.32 Å². The molecule has 1 aliphatic rings. The lowest BCUT2D eigenvalue weighted by Crippen LogP contribution is -2.37. The van der Waals surface area contributed by atoms with Crippen LogP contribution in [0.25, 0.3) is 0 Å². The van der Waals surface area contributed by atoms with Crippen molar-refractivity contribution in [3.63, 3.8) is 0 Å². The second-order valence-electron chi connectivity index (χ2n) is 4.27. The molecule has 0 aromatic heterocycles. The van der Waals surface area contributed by atoms with Crippen molar-refractivity contribution in [2.24, 2.45) is 5.92 Å². The molecule has 1 fully saturated rings. The van der Waals surface area contributed by atoms with Gasteiger partial charge in [-0.15, -0.1) is 0 Å². The maximum Gasteiger partial charge on any atom is 0.312 e. The molecule has 2 atom stereocenters. The predicted octanol–water partition coefficient (Wildman–Crippen LogP) is 1.34. The van der Waals surface area contributed by atoms with Gasteiger partial charge in [-0.25, -0.2) is 0 Å². The molecule has 0 aromatic carbocycles. The molecule has 0 saturated carbocycles. The molecule has 1 N–H and O–H groups in total. The largest absolute Gasteiger partial charge is 0.465 e. The molecule has 0 bridgehead atoms. The molecule has 0 radical (unpaired) electrons. The zero-order valence-corrected chi connectivity index (χ0v) is 10.3. The van der Waals surface area contributed by atoms with Crippen molar-refractivity contribution in [1.29, 1.82) is 0 Å². The Kier molecular flexibility index (Phi) is 6.42. The normalized spacial score (nSPS) is 24.6. The molecule has 1 rings (SSSR count). The van der Waals surface area contributed by atoms with E-state index in [1.807, 2.05) is 7.05 Å². The van der Waals surface area contributed by atoms with Crippen LogP contribution >= 0.6 is 0 Å². The van der Waals surface area contributed by atoms with Gasteiger partial charge in [0.2, 0.25) is 0 Å². The summed E-state index contributed by atoms with van der Waals surface area (Å²) >= 11 is 0. The SMILES string of the molecule is CCCCCCOC(=O)C1COCC1NC. The number of rotatable bonds is 7. The zero-order chi connectivity index (χ0) is 11.8. The van der Waals surface area contributed by atoms with Gasteiger partial charge in [0.25, 0.3) is 0 Å². The number of esters is 1. The van der Waals surface area contributed by atoms with E-state index in [1.165, 1.54) is 12.8 Å². The second kappa shape index (κ2) is 7.63. The number of carbonyl (C=O) groups excluding carboxylic acids is 1.